The number of carbonyl (C=O) groups is 2. The van der Waals surface area contributed by atoms with E-state index < -0.39 is 11.2 Å². The molecule has 2 fully saturated rings. The summed E-state index contributed by atoms with van der Waals surface area (Å²) in [5, 5.41) is 25.1. The summed E-state index contributed by atoms with van der Waals surface area (Å²) < 4.78 is 0. The Hall–Kier alpha value is -2.15. The molecule has 2 aliphatic rings. The fraction of sp³-hybridized carbons (Fsp3) is 0.621. The van der Waals surface area contributed by atoms with E-state index in [0.717, 1.165) is 48.7 Å². The van der Waals surface area contributed by atoms with Gasteiger partial charge in [-0.05, 0) is 72.2 Å². The van der Waals surface area contributed by atoms with Crippen LogP contribution in [0.25, 0.3) is 5.70 Å². The quantitative estimate of drug-likeness (QED) is 0.222. The van der Waals surface area contributed by atoms with Crippen molar-refractivity contribution in [2.45, 2.75) is 90.5 Å². The van der Waals surface area contributed by atoms with Crippen LogP contribution in [0.15, 0.2) is 17.3 Å². The van der Waals surface area contributed by atoms with Gasteiger partial charge in [0, 0.05) is 49.0 Å². The minimum absolute atomic E-state index is 0. The van der Waals surface area contributed by atoms with E-state index in [1.807, 2.05) is 17.2 Å². The Morgan fingerprint density at radius 1 is 1.02 bits per heavy atom. The van der Waals surface area contributed by atoms with Crippen LogP contribution in [0.5, 0.6) is 0 Å². The normalized spacial score (nSPS) is 17.7. The predicted molar refractivity (Wildman–Crippen MR) is 169 cm³/mol. The minimum atomic E-state index is -0.926. The van der Waals surface area contributed by atoms with Gasteiger partial charge in [-0.3, -0.25) is 14.6 Å². The van der Waals surface area contributed by atoms with Crippen LogP contribution in [0, 0.1) is 0 Å². The molecule has 15 heteroatoms. The number of aliphatic hydroxyl groups is 2. The molecule has 12 nitrogen and oxygen atoms in total. The first-order valence-corrected chi connectivity index (χ1v) is 15.8. The van der Waals surface area contributed by atoms with E-state index in [0.29, 0.717) is 23.3 Å². The van der Waals surface area contributed by atoms with Crippen molar-refractivity contribution in [3.8, 4) is 0 Å². The standard InChI is InChI=1S/C15H23N3O2S.C10H11N2O2S.C4H11NO.Li.H2O/c1-10-6-5-7-18(10)11(2)12-8-21-14(17-12)13(19)16-9-15(3,4)20;1-7-3-2-4-12(7)10(14)8-6-15-9(5-13)11-8;1-4(2,6)3-5;;/h8,10,20H,2,5-7,9H2,1,3-4H3,(H,16,19);6-7H,2-4H2,1H3;6H,3,5H2,1-2H3;;1H2/q;-1;;+1;/p-1/t10-;7-;;;/m00.../s1. The Bertz CT molecular complexity index is 1210. The van der Waals surface area contributed by atoms with Crippen LogP contribution in [-0.2, 0) is 4.79 Å². The Labute approximate surface area is 280 Å². The summed E-state index contributed by atoms with van der Waals surface area (Å²) in [6.45, 7) is 17.3. The minimum Gasteiger partial charge on any atom is -0.870 e. The Balaban J connectivity index is 0.000000705. The van der Waals surface area contributed by atoms with Crippen molar-refractivity contribution in [2.75, 3.05) is 26.2 Å². The molecule has 0 saturated carbocycles. The first kappa shape index (κ1) is 41.8. The number of carbonyl (C=O) groups excluding carboxylic acids is 3. The van der Waals surface area contributed by atoms with Crippen LogP contribution in [-0.4, -0.2) is 103 Å². The van der Waals surface area contributed by atoms with Crippen LogP contribution >= 0.6 is 22.7 Å². The number of nitrogens with two attached hydrogens (primary N) is 1. The molecule has 0 unspecified atom stereocenters. The van der Waals surface area contributed by atoms with E-state index in [1.165, 1.54) is 24.2 Å². The first-order valence-electron chi connectivity index (χ1n) is 14.1. The SMILES string of the molecule is C=C(c1csc(C(=O)NCC(C)(C)O)n1)N1CCC[C@@H]1C.CC(C)(O)CN.C[C@H]1CCCN1C(=O)c1csc([C-]=O)n1.[Li+].[OH-]. The van der Waals surface area contributed by atoms with Crippen LogP contribution in [0.3, 0.4) is 0 Å². The molecule has 44 heavy (non-hydrogen) atoms. The summed E-state index contributed by atoms with van der Waals surface area (Å²) >= 11 is 2.46. The van der Waals surface area contributed by atoms with Gasteiger partial charge in [-0.1, -0.05) is 6.58 Å². The van der Waals surface area contributed by atoms with Crippen LogP contribution in [0.2, 0.25) is 0 Å². The third-order valence-electron chi connectivity index (χ3n) is 6.70. The van der Waals surface area contributed by atoms with Gasteiger partial charge in [0.15, 0.2) is 5.01 Å². The van der Waals surface area contributed by atoms with Gasteiger partial charge in [0.2, 0.25) is 0 Å². The molecule has 0 aromatic carbocycles. The molecule has 2 saturated heterocycles. The van der Waals surface area contributed by atoms with Crippen molar-refractivity contribution in [1.82, 2.24) is 25.1 Å². The maximum Gasteiger partial charge on any atom is 1.00 e. The predicted octanol–water partition coefficient (Wildman–Crippen LogP) is -0.133. The molecule has 0 bridgehead atoms. The van der Waals surface area contributed by atoms with Gasteiger partial charge >= 0.3 is 18.9 Å². The van der Waals surface area contributed by atoms with Gasteiger partial charge in [0.25, 0.3) is 11.8 Å². The number of rotatable bonds is 8. The number of nitrogens with zero attached hydrogens (tertiary/aromatic N) is 4. The molecule has 2 amide bonds. The van der Waals surface area contributed by atoms with Crippen LogP contribution in [0.1, 0.15) is 98.2 Å². The van der Waals surface area contributed by atoms with Gasteiger partial charge < -0.3 is 41.3 Å². The molecule has 2 aliphatic heterocycles. The molecule has 2 aromatic rings. The number of aromatic nitrogens is 2. The Kier molecular flexibility index (Phi) is 17.8. The zero-order valence-corrected chi connectivity index (χ0v) is 28.6. The second kappa shape index (κ2) is 18.7. The van der Waals surface area contributed by atoms with Gasteiger partial charge in [-0.25, -0.2) is 11.3 Å². The van der Waals surface area contributed by atoms with Gasteiger partial charge in [-0.2, -0.15) is 11.3 Å². The van der Waals surface area contributed by atoms with Crippen molar-refractivity contribution >= 4 is 46.5 Å². The topological polar surface area (TPSA) is 192 Å². The average molecular weight is 646 g/mol. The number of amides is 2. The monoisotopic (exact) mass is 645 g/mol. The summed E-state index contributed by atoms with van der Waals surface area (Å²) in [7, 11) is 0. The van der Waals surface area contributed by atoms with Crippen LogP contribution in [0.4, 0.5) is 0 Å². The third-order valence-corrected chi connectivity index (χ3v) is 8.28. The smallest absolute Gasteiger partial charge is 0.870 e. The van der Waals surface area contributed by atoms with E-state index in [9.17, 15) is 19.5 Å². The molecule has 0 aliphatic carbocycles. The number of hydrogen-bond donors (Lipinski definition) is 4. The number of likely N-dealkylation sites (tertiary alicyclic amines) is 2. The van der Waals surface area contributed by atoms with Crippen LogP contribution < -0.4 is 29.9 Å². The maximum atomic E-state index is 12.0. The zero-order chi connectivity index (χ0) is 31.7. The molecular weight excluding hydrogens is 599 g/mol. The van der Waals surface area contributed by atoms with E-state index >= 15 is 0 Å². The van der Waals surface area contributed by atoms with Crippen molar-refractivity contribution in [3.05, 3.63) is 38.7 Å². The van der Waals surface area contributed by atoms with E-state index in [4.69, 9.17) is 10.8 Å². The Morgan fingerprint density at radius 2 is 1.55 bits per heavy atom. The number of nitrogens with one attached hydrogen (secondary N) is 1. The summed E-state index contributed by atoms with van der Waals surface area (Å²) in [6, 6.07) is 0.759. The largest absolute Gasteiger partial charge is 1.00 e. The van der Waals surface area contributed by atoms with E-state index in [1.54, 1.807) is 39.4 Å². The molecule has 6 N–H and O–H groups in total. The Morgan fingerprint density at radius 3 is 1.98 bits per heavy atom. The second-order valence-corrected chi connectivity index (χ2v) is 13.5. The summed E-state index contributed by atoms with van der Waals surface area (Å²) in [5.41, 5.74) is 5.47. The fourth-order valence-electron chi connectivity index (χ4n) is 4.17. The molecule has 2 atom stereocenters. The molecule has 4 heterocycles. The van der Waals surface area contributed by atoms with E-state index in [-0.39, 0.29) is 53.7 Å². The zero-order valence-electron chi connectivity index (χ0n) is 26.9. The van der Waals surface area contributed by atoms with E-state index in [2.05, 4.69) is 33.7 Å². The number of thiazole rings is 2. The van der Waals surface area contributed by atoms with Crippen molar-refractivity contribution in [2.24, 2.45) is 5.73 Å². The molecular formula is C29H46LiN6O6S2-. The second-order valence-electron chi connectivity index (χ2n) is 11.8. The maximum absolute atomic E-state index is 12.0. The average Bonchev–Trinajstić information content (AvgIpc) is 3.74. The fourth-order valence-corrected chi connectivity index (χ4v) is 5.48. The number of hydrogen-bond acceptors (Lipinski definition) is 12. The van der Waals surface area contributed by atoms with Crippen molar-refractivity contribution < 1.29 is 48.9 Å². The van der Waals surface area contributed by atoms with Crippen molar-refractivity contribution in [3.63, 3.8) is 0 Å². The summed E-state index contributed by atoms with van der Waals surface area (Å²) in [6.07, 6.45) is 6.12. The third kappa shape index (κ3) is 13.5. The molecule has 2 aromatic heterocycles. The summed E-state index contributed by atoms with van der Waals surface area (Å²) in [5.74, 6) is -0.326. The van der Waals surface area contributed by atoms with Crippen molar-refractivity contribution in [1.29, 1.82) is 0 Å². The molecule has 0 radical (unpaired) electrons. The molecule has 4 rings (SSSR count). The van der Waals surface area contributed by atoms with Gasteiger partial charge in [-0.15, -0.1) is 11.3 Å². The molecule has 0 spiro atoms. The molecule has 242 valence electrons. The summed E-state index contributed by atoms with van der Waals surface area (Å²) in [4.78, 5) is 46.6. The first-order chi connectivity index (χ1) is 19.6. The van der Waals surface area contributed by atoms with Gasteiger partial charge in [0.05, 0.1) is 22.6 Å². The van der Waals surface area contributed by atoms with Gasteiger partial charge in [0.1, 0.15) is 5.69 Å².